The first kappa shape index (κ1) is 15.1. The number of aliphatic hydroxyl groups is 1. The second-order valence-electron chi connectivity index (χ2n) is 6.61. The van der Waals surface area contributed by atoms with Gasteiger partial charge in [-0.15, -0.1) is 6.58 Å². The number of hydrogen-bond acceptors (Lipinski definition) is 2. The van der Waals surface area contributed by atoms with Gasteiger partial charge in [0.2, 0.25) is 0 Å². The number of rotatable bonds is 5. The highest BCUT2D eigenvalue weighted by molar-refractivity contribution is 5.04. The maximum Gasteiger partial charge on any atom is 0.0586 e. The van der Waals surface area contributed by atoms with Gasteiger partial charge >= 0.3 is 0 Å². The summed E-state index contributed by atoms with van der Waals surface area (Å²) in [5, 5.41) is 14.4. The molecule has 4 atom stereocenters. The van der Waals surface area contributed by atoms with E-state index in [-0.39, 0.29) is 11.6 Å². The van der Waals surface area contributed by atoms with Crippen LogP contribution in [0.5, 0.6) is 0 Å². The summed E-state index contributed by atoms with van der Waals surface area (Å²) >= 11 is 0. The third-order valence-electron chi connectivity index (χ3n) is 5.28. The van der Waals surface area contributed by atoms with Gasteiger partial charge in [-0.25, -0.2) is 0 Å². The highest BCUT2D eigenvalue weighted by Crippen LogP contribution is 2.43. The van der Waals surface area contributed by atoms with Crippen LogP contribution in [0.15, 0.2) is 12.7 Å². The molecule has 1 heterocycles. The minimum atomic E-state index is -0.110. The molecule has 0 aromatic carbocycles. The van der Waals surface area contributed by atoms with Gasteiger partial charge in [-0.2, -0.15) is 0 Å². The van der Waals surface area contributed by atoms with Crippen LogP contribution in [0.2, 0.25) is 0 Å². The maximum atomic E-state index is 10.5. The zero-order valence-corrected chi connectivity index (χ0v) is 12.5. The average Bonchev–Trinajstić information content (AvgIpc) is 2.39. The molecule has 1 spiro atoms. The molecular weight excluding hydrogens is 234 g/mol. The molecule has 1 saturated heterocycles. The summed E-state index contributed by atoms with van der Waals surface area (Å²) in [6, 6.07) is 0.676. The van der Waals surface area contributed by atoms with E-state index in [1.54, 1.807) is 0 Å². The molecule has 0 radical (unpaired) electrons. The Labute approximate surface area is 118 Å². The van der Waals surface area contributed by atoms with Crippen LogP contribution >= 0.6 is 0 Å². The maximum absolute atomic E-state index is 10.5. The van der Waals surface area contributed by atoms with E-state index in [4.69, 9.17) is 0 Å². The van der Waals surface area contributed by atoms with Gasteiger partial charge in [-0.3, -0.25) is 0 Å². The molecule has 2 rings (SSSR count). The molecule has 1 aliphatic carbocycles. The van der Waals surface area contributed by atoms with Crippen LogP contribution in [-0.4, -0.2) is 22.8 Å². The third-order valence-corrected chi connectivity index (χ3v) is 5.28. The van der Waals surface area contributed by atoms with Gasteiger partial charge in [-0.1, -0.05) is 25.8 Å². The largest absolute Gasteiger partial charge is 0.393 e. The Morgan fingerprint density at radius 2 is 2.00 bits per heavy atom. The lowest BCUT2D eigenvalue weighted by molar-refractivity contribution is -0.0242. The Balaban J connectivity index is 2.09. The van der Waals surface area contributed by atoms with Gasteiger partial charge in [0.15, 0.2) is 0 Å². The zero-order valence-electron chi connectivity index (χ0n) is 12.5. The Bertz CT molecular complexity index is 285. The molecule has 110 valence electrons. The minimum absolute atomic E-state index is 0.110. The van der Waals surface area contributed by atoms with E-state index in [2.05, 4.69) is 18.8 Å². The van der Waals surface area contributed by atoms with Crippen molar-refractivity contribution in [2.75, 3.05) is 0 Å². The van der Waals surface area contributed by atoms with Crippen LogP contribution < -0.4 is 5.32 Å². The van der Waals surface area contributed by atoms with Gasteiger partial charge in [0, 0.05) is 17.5 Å². The van der Waals surface area contributed by atoms with Gasteiger partial charge in [0.1, 0.15) is 0 Å². The number of allylic oxidation sites excluding steroid dienone is 1. The molecule has 0 aromatic rings. The smallest absolute Gasteiger partial charge is 0.0586 e. The van der Waals surface area contributed by atoms with Gasteiger partial charge in [0.25, 0.3) is 0 Å². The molecule has 2 fully saturated rings. The van der Waals surface area contributed by atoms with Crippen molar-refractivity contribution in [3.63, 3.8) is 0 Å². The molecule has 2 heteroatoms. The van der Waals surface area contributed by atoms with Crippen LogP contribution in [0, 0.1) is 5.92 Å². The highest BCUT2D eigenvalue weighted by Gasteiger charge is 2.46. The Hall–Kier alpha value is -0.340. The van der Waals surface area contributed by atoms with Crippen molar-refractivity contribution < 1.29 is 5.11 Å². The summed E-state index contributed by atoms with van der Waals surface area (Å²) < 4.78 is 0. The first-order valence-electron chi connectivity index (χ1n) is 8.28. The lowest BCUT2D eigenvalue weighted by Gasteiger charge is -2.52. The van der Waals surface area contributed by atoms with Gasteiger partial charge < -0.3 is 10.4 Å². The molecule has 2 nitrogen and oxygen atoms in total. The van der Waals surface area contributed by atoms with Crippen molar-refractivity contribution in [2.24, 2.45) is 5.92 Å². The van der Waals surface area contributed by atoms with E-state index >= 15 is 0 Å². The third kappa shape index (κ3) is 3.41. The van der Waals surface area contributed by atoms with Crippen molar-refractivity contribution in [1.82, 2.24) is 5.32 Å². The SMILES string of the molecule is C=CCC[C@@H]1[C@@H](O)CCC[C@]12CCC[C@@H](CCC)N2. The van der Waals surface area contributed by atoms with E-state index in [1.807, 2.05) is 6.08 Å². The zero-order chi connectivity index (χ0) is 13.7. The number of aliphatic hydroxyl groups excluding tert-OH is 1. The Morgan fingerprint density at radius 3 is 2.68 bits per heavy atom. The monoisotopic (exact) mass is 265 g/mol. The van der Waals surface area contributed by atoms with Crippen molar-refractivity contribution >= 4 is 0 Å². The predicted molar refractivity (Wildman–Crippen MR) is 81.2 cm³/mol. The molecule has 2 N–H and O–H groups in total. The second-order valence-corrected chi connectivity index (χ2v) is 6.61. The second kappa shape index (κ2) is 6.90. The van der Waals surface area contributed by atoms with Crippen molar-refractivity contribution in [1.29, 1.82) is 0 Å². The van der Waals surface area contributed by atoms with Crippen LogP contribution in [0.25, 0.3) is 0 Å². The Morgan fingerprint density at radius 1 is 1.26 bits per heavy atom. The van der Waals surface area contributed by atoms with E-state index in [1.165, 1.54) is 44.9 Å². The Kier molecular flexibility index (Phi) is 5.47. The standard InChI is InChI=1S/C17H31NO/c1-3-5-10-15-16(19)11-7-13-17(15)12-6-9-14(18-17)8-4-2/h3,14-16,18-19H,1,4-13H2,2H3/t14-,15-,16+,17-/m1/s1. The molecule has 0 aromatic heterocycles. The molecule has 0 bridgehead atoms. The number of piperidine rings is 1. The average molecular weight is 265 g/mol. The summed E-state index contributed by atoms with van der Waals surface area (Å²) in [4.78, 5) is 0. The number of nitrogens with one attached hydrogen (secondary N) is 1. The van der Waals surface area contributed by atoms with E-state index in [0.717, 1.165) is 19.3 Å². The lowest BCUT2D eigenvalue weighted by atomic mass is 9.65. The topological polar surface area (TPSA) is 32.3 Å². The van der Waals surface area contributed by atoms with Crippen LogP contribution in [-0.2, 0) is 0 Å². The normalized spacial score (nSPS) is 39.4. The lowest BCUT2D eigenvalue weighted by Crippen LogP contribution is -2.62. The van der Waals surface area contributed by atoms with E-state index in [0.29, 0.717) is 12.0 Å². The first-order chi connectivity index (χ1) is 9.22. The van der Waals surface area contributed by atoms with E-state index < -0.39 is 0 Å². The summed E-state index contributed by atoms with van der Waals surface area (Å²) in [5.41, 5.74) is 0.221. The molecular formula is C17H31NO. The molecule has 0 amide bonds. The predicted octanol–water partition coefficient (Wildman–Crippen LogP) is 3.79. The van der Waals surface area contributed by atoms with Gasteiger partial charge in [-0.05, 0) is 51.4 Å². The molecule has 1 aliphatic heterocycles. The quantitative estimate of drug-likeness (QED) is 0.741. The van der Waals surface area contributed by atoms with Crippen molar-refractivity contribution in [2.45, 2.75) is 88.8 Å². The van der Waals surface area contributed by atoms with Crippen molar-refractivity contribution in [3.05, 3.63) is 12.7 Å². The fraction of sp³-hybridized carbons (Fsp3) is 0.882. The summed E-state index contributed by atoms with van der Waals surface area (Å²) in [5.74, 6) is 0.430. The molecule has 19 heavy (non-hydrogen) atoms. The summed E-state index contributed by atoms with van der Waals surface area (Å²) in [6.45, 7) is 6.12. The fourth-order valence-corrected chi connectivity index (χ4v) is 4.42. The number of hydrogen-bond donors (Lipinski definition) is 2. The molecule has 2 aliphatic rings. The van der Waals surface area contributed by atoms with Crippen LogP contribution in [0.4, 0.5) is 0 Å². The summed E-state index contributed by atoms with van der Waals surface area (Å²) in [7, 11) is 0. The van der Waals surface area contributed by atoms with Crippen LogP contribution in [0.3, 0.4) is 0 Å². The van der Waals surface area contributed by atoms with Crippen molar-refractivity contribution in [3.8, 4) is 0 Å². The summed E-state index contributed by atoms with van der Waals surface area (Å²) in [6.07, 6.45) is 13.9. The molecule has 0 unspecified atom stereocenters. The first-order valence-corrected chi connectivity index (χ1v) is 8.28. The fourth-order valence-electron chi connectivity index (χ4n) is 4.42. The van der Waals surface area contributed by atoms with E-state index in [9.17, 15) is 5.11 Å². The minimum Gasteiger partial charge on any atom is -0.393 e. The van der Waals surface area contributed by atoms with Crippen LogP contribution in [0.1, 0.15) is 71.1 Å². The van der Waals surface area contributed by atoms with Gasteiger partial charge in [0.05, 0.1) is 6.10 Å². The highest BCUT2D eigenvalue weighted by atomic mass is 16.3. The molecule has 1 saturated carbocycles.